The molecule has 1 aromatic rings. The van der Waals surface area contributed by atoms with Crippen LogP contribution in [0.25, 0.3) is 0 Å². The molecule has 1 unspecified atom stereocenters. The minimum atomic E-state index is -0.741. The molecule has 1 rings (SSSR count). The Bertz CT molecular complexity index is 491. The van der Waals surface area contributed by atoms with E-state index in [9.17, 15) is 14.0 Å². The Kier molecular flexibility index (Phi) is 5.47. The van der Waals surface area contributed by atoms with E-state index in [4.69, 9.17) is 0 Å². The molecule has 0 aliphatic rings. The summed E-state index contributed by atoms with van der Waals surface area (Å²) in [6.07, 6.45) is 0. The molecule has 0 saturated carbocycles. The van der Waals surface area contributed by atoms with Gasteiger partial charge in [0.2, 0.25) is 0 Å². The maximum absolute atomic E-state index is 12.9. The van der Waals surface area contributed by atoms with Crippen LogP contribution >= 0.6 is 15.9 Å². The standard InChI is InChI=1S/C13H15BrFNO3/c1-7(2)11(13(18)19-3)16-12(17)9-5-4-8(15)6-10(9)14/h4-7,11H,1-3H3,(H,16,17). The van der Waals surface area contributed by atoms with E-state index >= 15 is 0 Å². The molecule has 104 valence electrons. The molecule has 6 heteroatoms. The minimum absolute atomic E-state index is 0.115. The number of hydrogen-bond donors (Lipinski definition) is 1. The molecular formula is C13H15BrFNO3. The van der Waals surface area contributed by atoms with Crippen LogP contribution in [-0.2, 0) is 9.53 Å². The van der Waals surface area contributed by atoms with Gasteiger partial charge in [-0.15, -0.1) is 0 Å². The van der Waals surface area contributed by atoms with Crippen molar-refractivity contribution >= 4 is 27.8 Å². The zero-order valence-corrected chi connectivity index (χ0v) is 12.5. The lowest BCUT2D eigenvalue weighted by molar-refractivity contribution is -0.144. The Hall–Kier alpha value is -1.43. The fourth-order valence-electron chi connectivity index (χ4n) is 1.52. The van der Waals surface area contributed by atoms with Gasteiger partial charge >= 0.3 is 5.97 Å². The maximum atomic E-state index is 12.9. The van der Waals surface area contributed by atoms with Gasteiger partial charge in [0.1, 0.15) is 11.9 Å². The van der Waals surface area contributed by atoms with Gasteiger partial charge in [-0.25, -0.2) is 9.18 Å². The van der Waals surface area contributed by atoms with Gasteiger partial charge in [0.25, 0.3) is 5.91 Å². The first kappa shape index (κ1) is 15.6. The van der Waals surface area contributed by atoms with E-state index in [0.29, 0.717) is 4.47 Å². The predicted octanol–water partition coefficient (Wildman–Crippen LogP) is 2.52. The number of amides is 1. The third-order valence-corrected chi connectivity index (χ3v) is 3.24. The average Bonchev–Trinajstić information content (AvgIpc) is 2.34. The van der Waals surface area contributed by atoms with E-state index in [1.807, 2.05) is 0 Å². The molecule has 0 aliphatic heterocycles. The number of methoxy groups -OCH3 is 1. The number of carbonyl (C=O) groups is 2. The van der Waals surface area contributed by atoms with Crippen LogP contribution in [0, 0.1) is 11.7 Å². The summed E-state index contributed by atoms with van der Waals surface area (Å²) in [5, 5.41) is 2.58. The fourth-order valence-corrected chi connectivity index (χ4v) is 2.05. The highest BCUT2D eigenvalue weighted by molar-refractivity contribution is 9.10. The van der Waals surface area contributed by atoms with E-state index in [1.54, 1.807) is 13.8 Å². The summed E-state index contributed by atoms with van der Waals surface area (Å²) < 4.78 is 17.9. The van der Waals surface area contributed by atoms with Crippen molar-refractivity contribution in [1.82, 2.24) is 5.32 Å². The Morgan fingerprint density at radius 3 is 2.47 bits per heavy atom. The summed E-state index contributed by atoms with van der Waals surface area (Å²) in [6, 6.07) is 2.98. The van der Waals surface area contributed by atoms with Crippen molar-refractivity contribution in [2.75, 3.05) is 7.11 Å². The molecule has 0 bridgehead atoms. The smallest absolute Gasteiger partial charge is 0.328 e. The Balaban J connectivity index is 2.91. The topological polar surface area (TPSA) is 55.4 Å². The molecule has 0 saturated heterocycles. The van der Waals surface area contributed by atoms with E-state index in [0.717, 1.165) is 0 Å². The molecule has 1 amide bonds. The number of nitrogens with one attached hydrogen (secondary N) is 1. The van der Waals surface area contributed by atoms with E-state index < -0.39 is 23.7 Å². The summed E-state index contributed by atoms with van der Waals surface area (Å²) in [4.78, 5) is 23.6. The lowest BCUT2D eigenvalue weighted by Gasteiger charge is -2.20. The number of esters is 1. The number of ether oxygens (including phenoxy) is 1. The molecule has 0 aliphatic carbocycles. The molecule has 1 N–H and O–H groups in total. The lowest BCUT2D eigenvalue weighted by Crippen LogP contribution is -2.45. The van der Waals surface area contributed by atoms with Crippen molar-refractivity contribution in [3.63, 3.8) is 0 Å². The van der Waals surface area contributed by atoms with Crippen LogP contribution in [0.1, 0.15) is 24.2 Å². The van der Waals surface area contributed by atoms with Crippen LogP contribution in [0.15, 0.2) is 22.7 Å². The number of benzene rings is 1. The monoisotopic (exact) mass is 331 g/mol. The second kappa shape index (κ2) is 6.65. The van der Waals surface area contributed by atoms with Crippen molar-refractivity contribution in [1.29, 1.82) is 0 Å². The molecular weight excluding hydrogens is 317 g/mol. The third kappa shape index (κ3) is 4.02. The first-order chi connectivity index (χ1) is 8.86. The number of halogens is 2. The lowest BCUT2D eigenvalue weighted by atomic mass is 10.0. The van der Waals surface area contributed by atoms with Crippen molar-refractivity contribution in [2.45, 2.75) is 19.9 Å². The van der Waals surface area contributed by atoms with Gasteiger partial charge < -0.3 is 10.1 Å². The summed E-state index contributed by atoms with van der Waals surface area (Å²) in [5.74, 6) is -1.54. The Labute approximate surface area is 119 Å². The van der Waals surface area contributed by atoms with Crippen LogP contribution in [0.4, 0.5) is 4.39 Å². The minimum Gasteiger partial charge on any atom is -0.467 e. The second-order valence-corrected chi connectivity index (χ2v) is 5.20. The molecule has 0 heterocycles. The van der Waals surface area contributed by atoms with Gasteiger partial charge in [-0.1, -0.05) is 13.8 Å². The zero-order chi connectivity index (χ0) is 14.6. The summed E-state index contributed by atoms with van der Waals surface area (Å²) in [6.45, 7) is 3.59. The first-order valence-electron chi connectivity index (χ1n) is 5.70. The number of carbonyl (C=O) groups excluding carboxylic acids is 2. The molecule has 0 spiro atoms. The maximum Gasteiger partial charge on any atom is 0.328 e. The van der Waals surface area contributed by atoms with E-state index in [2.05, 4.69) is 26.0 Å². The van der Waals surface area contributed by atoms with Crippen LogP contribution in [0.2, 0.25) is 0 Å². The average molecular weight is 332 g/mol. The number of hydrogen-bond acceptors (Lipinski definition) is 3. The quantitative estimate of drug-likeness (QED) is 0.862. The predicted molar refractivity (Wildman–Crippen MR) is 72.2 cm³/mol. The van der Waals surface area contributed by atoms with Gasteiger partial charge in [0.05, 0.1) is 12.7 Å². The van der Waals surface area contributed by atoms with E-state index in [1.165, 1.54) is 25.3 Å². The van der Waals surface area contributed by atoms with Crippen molar-refractivity contribution in [2.24, 2.45) is 5.92 Å². The molecule has 0 fully saturated rings. The van der Waals surface area contributed by atoms with Gasteiger partial charge in [0, 0.05) is 4.47 Å². The normalized spacial score (nSPS) is 12.1. The number of rotatable bonds is 4. The van der Waals surface area contributed by atoms with Gasteiger partial charge in [-0.3, -0.25) is 4.79 Å². The highest BCUT2D eigenvalue weighted by Crippen LogP contribution is 2.18. The highest BCUT2D eigenvalue weighted by atomic mass is 79.9. The van der Waals surface area contributed by atoms with Crippen LogP contribution in [0.5, 0.6) is 0 Å². The Morgan fingerprint density at radius 2 is 2.00 bits per heavy atom. The van der Waals surface area contributed by atoms with Crippen LogP contribution < -0.4 is 5.32 Å². The fraction of sp³-hybridized carbons (Fsp3) is 0.385. The molecule has 19 heavy (non-hydrogen) atoms. The molecule has 0 radical (unpaired) electrons. The summed E-state index contributed by atoms with van der Waals surface area (Å²) in [5.41, 5.74) is 0.260. The third-order valence-electron chi connectivity index (χ3n) is 2.58. The largest absolute Gasteiger partial charge is 0.467 e. The first-order valence-corrected chi connectivity index (χ1v) is 6.50. The molecule has 0 aromatic heterocycles. The van der Waals surface area contributed by atoms with Gasteiger partial charge in [-0.05, 0) is 40.0 Å². The SMILES string of the molecule is COC(=O)C(NC(=O)c1ccc(F)cc1Br)C(C)C. The van der Waals surface area contributed by atoms with E-state index in [-0.39, 0.29) is 11.5 Å². The molecule has 1 aromatic carbocycles. The Morgan fingerprint density at radius 1 is 1.37 bits per heavy atom. The van der Waals surface area contributed by atoms with Gasteiger partial charge in [-0.2, -0.15) is 0 Å². The molecule has 1 atom stereocenters. The van der Waals surface area contributed by atoms with Crippen LogP contribution in [-0.4, -0.2) is 25.0 Å². The molecule has 4 nitrogen and oxygen atoms in total. The van der Waals surface area contributed by atoms with Crippen molar-refractivity contribution < 1.29 is 18.7 Å². The second-order valence-electron chi connectivity index (χ2n) is 4.34. The highest BCUT2D eigenvalue weighted by Gasteiger charge is 2.26. The summed E-state index contributed by atoms with van der Waals surface area (Å²) >= 11 is 3.11. The van der Waals surface area contributed by atoms with Gasteiger partial charge in [0.15, 0.2) is 0 Å². The van der Waals surface area contributed by atoms with Crippen molar-refractivity contribution in [3.05, 3.63) is 34.1 Å². The van der Waals surface area contributed by atoms with Crippen LogP contribution in [0.3, 0.4) is 0 Å². The van der Waals surface area contributed by atoms with Crippen molar-refractivity contribution in [3.8, 4) is 0 Å². The summed E-state index contributed by atoms with van der Waals surface area (Å²) in [7, 11) is 1.26. The zero-order valence-electron chi connectivity index (χ0n) is 10.9.